The third-order valence-electron chi connectivity index (χ3n) is 3.92. The first-order valence-corrected chi connectivity index (χ1v) is 8.22. The number of ether oxygens (including phenoxy) is 1. The van der Waals surface area contributed by atoms with E-state index >= 15 is 0 Å². The number of amides is 1. The zero-order chi connectivity index (χ0) is 14.8. The fraction of sp³-hybridized carbons (Fsp3) is 0.533. The van der Waals surface area contributed by atoms with Crippen LogP contribution in [0.5, 0.6) is 5.88 Å². The van der Waals surface area contributed by atoms with Crippen LogP contribution in [0.15, 0.2) is 6.33 Å². The van der Waals surface area contributed by atoms with E-state index in [0.29, 0.717) is 19.0 Å². The first kappa shape index (κ1) is 14.3. The molecule has 0 aliphatic heterocycles. The fourth-order valence-electron chi connectivity index (χ4n) is 2.81. The molecule has 0 spiro atoms. The lowest BCUT2D eigenvalue weighted by atomic mass is 10.2. The predicted octanol–water partition coefficient (Wildman–Crippen LogP) is 2.43. The van der Waals surface area contributed by atoms with Crippen LogP contribution in [0, 0.1) is 0 Å². The summed E-state index contributed by atoms with van der Waals surface area (Å²) in [6.07, 6.45) is 4.88. The Hall–Kier alpha value is -1.69. The molecular formula is C15H19N3O2S. The van der Waals surface area contributed by atoms with Crippen molar-refractivity contribution in [1.29, 1.82) is 0 Å². The molecule has 112 valence electrons. The van der Waals surface area contributed by atoms with Crippen LogP contribution < -0.4 is 4.74 Å². The normalized spacial score (nSPS) is 13.4. The van der Waals surface area contributed by atoms with Gasteiger partial charge in [0, 0.05) is 18.0 Å². The average molecular weight is 305 g/mol. The first-order chi connectivity index (χ1) is 10.2. The van der Waals surface area contributed by atoms with Gasteiger partial charge in [0.05, 0.1) is 5.39 Å². The zero-order valence-corrected chi connectivity index (χ0v) is 13.2. The van der Waals surface area contributed by atoms with Crippen LogP contribution in [0.1, 0.15) is 30.7 Å². The summed E-state index contributed by atoms with van der Waals surface area (Å²) in [5.74, 6) is 0.554. The summed E-state index contributed by atoms with van der Waals surface area (Å²) in [5.41, 5.74) is 1.32. The average Bonchev–Trinajstić information content (AvgIpc) is 3.06. The molecule has 2 heterocycles. The van der Waals surface area contributed by atoms with Gasteiger partial charge in [-0.05, 0) is 38.7 Å². The Morgan fingerprint density at radius 2 is 2.14 bits per heavy atom. The van der Waals surface area contributed by atoms with E-state index in [9.17, 15) is 4.79 Å². The standard InChI is InChI=1S/C15H19N3O2S/c1-3-18(4-2)12(19)8-20-14-13-10-6-5-7-11(10)21-15(13)17-9-16-14/h9H,3-8H2,1-2H3. The highest BCUT2D eigenvalue weighted by Gasteiger charge is 2.22. The number of hydrogen-bond acceptors (Lipinski definition) is 5. The number of thiophene rings is 1. The second-order valence-corrected chi connectivity index (χ2v) is 6.15. The maximum Gasteiger partial charge on any atom is 0.260 e. The van der Waals surface area contributed by atoms with E-state index in [0.717, 1.165) is 23.1 Å². The van der Waals surface area contributed by atoms with E-state index in [1.807, 2.05) is 13.8 Å². The van der Waals surface area contributed by atoms with E-state index in [1.54, 1.807) is 16.2 Å². The number of aromatic nitrogens is 2. The number of hydrogen-bond donors (Lipinski definition) is 0. The molecular weight excluding hydrogens is 286 g/mol. The van der Waals surface area contributed by atoms with E-state index in [2.05, 4.69) is 9.97 Å². The predicted molar refractivity (Wildman–Crippen MR) is 82.9 cm³/mol. The molecule has 0 saturated heterocycles. The Bertz CT molecular complexity index is 664. The number of rotatable bonds is 5. The van der Waals surface area contributed by atoms with Gasteiger partial charge < -0.3 is 9.64 Å². The van der Waals surface area contributed by atoms with E-state index < -0.39 is 0 Å². The molecule has 0 fully saturated rings. The van der Waals surface area contributed by atoms with Gasteiger partial charge in [-0.2, -0.15) is 0 Å². The zero-order valence-electron chi connectivity index (χ0n) is 12.4. The molecule has 0 atom stereocenters. The van der Waals surface area contributed by atoms with Gasteiger partial charge in [0.25, 0.3) is 5.91 Å². The number of aryl methyl sites for hydroxylation is 2. The van der Waals surface area contributed by atoms with Crippen LogP contribution >= 0.6 is 11.3 Å². The van der Waals surface area contributed by atoms with Gasteiger partial charge in [-0.15, -0.1) is 11.3 Å². The Kier molecular flexibility index (Phi) is 4.05. The third kappa shape index (κ3) is 2.60. The lowest BCUT2D eigenvalue weighted by Gasteiger charge is -2.18. The largest absolute Gasteiger partial charge is 0.467 e. The van der Waals surface area contributed by atoms with Crippen molar-refractivity contribution in [3.63, 3.8) is 0 Å². The van der Waals surface area contributed by atoms with Crippen molar-refractivity contribution in [2.45, 2.75) is 33.1 Å². The molecule has 21 heavy (non-hydrogen) atoms. The highest BCUT2D eigenvalue weighted by molar-refractivity contribution is 7.18. The van der Waals surface area contributed by atoms with Crippen molar-refractivity contribution in [1.82, 2.24) is 14.9 Å². The number of fused-ring (bicyclic) bond motifs is 3. The van der Waals surface area contributed by atoms with E-state index in [4.69, 9.17) is 4.74 Å². The number of carbonyl (C=O) groups excluding carboxylic acids is 1. The van der Waals surface area contributed by atoms with Gasteiger partial charge in [-0.1, -0.05) is 0 Å². The Morgan fingerprint density at radius 1 is 1.33 bits per heavy atom. The minimum absolute atomic E-state index is 0.00126. The van der Waals surface area contributed by atoms with E-state index in [1.165, 1.54) is 23.2 Å². The molecule has 1 amide bonds. The van der Waals surface area contributed by atoms with Crippen molar-refractivity contribution < 1.29 is 9.53 Å². The number of nitrogens with zero attached hydrogens (tertiary/aromatic N) is 3. The van der Waals surface area contributed by atoms with Gasteiger partial charge in [0.15, 0.2) is 6.61 Å². The Labute approximate surface area is 128 Å². The molecule has 1 aliphatic carbocycles. The molecule has 5 nitrogen and oxygen atoms in total. The molecule has 6 heteroatoms. The molecule has 2 aromatic rings. The highest BCUT2D eigenvalue weighted by Crippen LogP contribution is 2.39. The minimum Gasteiger partial charge on any atom is -0.467 e. The summed E-state index contributed by atoms with van der Waals surface area (Å²) < 4.78 is 5.71. The second kappa shape index (κ2) is 5.97. The SMILES string of the molecule is CCN(CC)C(=O)COc1ncnc2sc3c(c12)CCC3. The van der Waals surface area contributed by atoms with Gasteiger partial charge in [-0.3, -0.25) is 4.79 Å². The van der Waals surface area contributed by atoms with Crippen LogP contribution in [0.2, 0.25) is 0 Å². The molecule has 0 bridgehead atoms. The van der Waals surface area contributed by atoms with Crippen LogP contribution in [0.3, 0.4) is 0 Å². The minimum atomic E-state index is -0.00126. The first-order valence-electron chi connectivity index (χ1n) is 7.40. The van der Waals surface area contributed by atoms with Crippen LogP contribution in [0.4, 0.5) is 0 Å². The summed E-state index contributed by atoms with van der Waals surface area (Å²) in [4.78, 5) is 24.7. The molecule has 1 aliphatic rings. The fourth-order valence-corrected chi connectivity index (χ4v) is 4.03. The molecule has 0 N–H and O–H groups in total. The van der Waals surface area contributed by atoms with Gasteiger partial charge >= 0.3 is 0 Å². The molecule has 2 aromatic heterocycles. The topological polar surface area (TPSA) is 55.3 Å². The van der Waals surface area contributed by atoms with Gasteiger partial charge in [0.2, 0.25) is 5.88 Å². The summed E-state index contributed by atoms with van der Waals surface area (Å²) in [5, 5.41) is 1.02. The molecule has 0 aromatic carbocycles. The quantitative estimate of drug-likeness (QED) is 0.851. The lowest BCUT2D eigenvalue weighted by Crippen LogP contribution is -2.34. The summed E-state index contributed by atoms with van der Waals surface area (Å²) in [7, 11) is 0. The lowest BCUT2D eigenvalue weighted by molar-refractivity contribution is -0.133. The van der Waals surface area contributed by atoms with Crippen LogP contribution in [-0.4, -0.2) is 40.5 Å². The summed E-state index contributed by atoms with van der Waals surface area (Å²) in [6.45, 7) is 5.38. The van der Waals surface area contributed by atoms with Crippen molar-refractivity contribution in [3.05, 3.63) is 16.8 Å². The molecule has 0 unspecified atom stereocenters. The van der Waals surface area contributed by atoms with Crippen molar-refractivity contribution in [2.75, 3.05) is 19.7 Å². The van der Waals surface area contributed by atoms with E-state index in [-0.39, 0.29) is 12.5 Å². The Balaban J connectivity index is 1.83. The summed E-state index contributed by atoms with van der Waals surface area (Å²) >= 11 is 1.72. The maximum absolute atomic E-state index is 12.0. The van der Waals surface area contributed by atoms with Crippen molar-refractivity contribution in [3.8, 4) is 5.88 Å². The second-order valence-electron chi connectivity index (χ2n) is 5.07. The number of likely N-dealkylation sites (N-methyl/N-ethyl adjacent to an activating group) is 1. The van der Waals surface area contributed by atoms with Gasteiger partial charge in [-0.25, -0.2) is 9.97 Å². The molecule has 0 saturated carbocycles. The van der Waals surface area contributed by atoms with Crippen LogP contribution in [-0.2, 0) is 17.6 Å². The maximum atomic E-state index is 12.0. The summed E-state index contributed by atoms with van der Waals surface area (Å²) in [6, 6.07) is 0. The smallest absolute Gasteiger partial charge is 0.260 e. The third-order valence-corrected chi connectivity index (χ3v) is 5.11. The monoisotopic (exact) mass is 305 g/mol. The van der Waals surface area contributed by atoms with Crippen LogP contribution in [0.25, 0.3) is 10.2 Å². The van der Waals surface area contributed by atoms with Gasteiger partial charge in [0.1, 0.15) is 11.2 Å². The Morgan fingerprint density at radius 3 is 2.90 bits per heavy atom. The highest BCUT2D eigenvalue weighted by atomic mass is 32.1. The number of carbonyl (C=O) groups is 1. The molecule has 3 rings (SSSR count). The molecule has 0 radical (unpaired) electrons. The van der Waals surface area contributed by atoms with Crippen molar-refractivity contribution >= 4 is 27.5 Å². The van der Waals surface area contributed by atoms with Crippen molar-refractivity contribution in [2.24, 2.45) is 0 Å².